The predicted octanol–water partition coefficient (Wildman–Crippen LogP) is 3.29. The maximum absolute atomic E-state index is 5.73. The van der Waals surface area contributed by atoms with Crippen LogP contribution in [0, 0.1) is 13.8 Å². The highest BCUT2D eigenvalue weighted by Gasteiger charge is 2.18. The third-order valence-corrected chi connectivity index (χ3v) is 3.96. The van der Waals surface area contributed by atoms with Crippen molar-refractivity contribution in [3.8, 4) is 0 Å². The van der Waals surface area contributed by atoms with Crippen molar-refractivity contribution >= 4 is 0 Å². The fourth-order valence-corrected chi connectivity index (χ4v) is 2.73. The lowest BCUT2D eigenvalue weighted by atomic mass is 9.98. The highest BCUT2D eigenvalue weighted by atomic mass is 15.3. The van der Waals surface area contributed by atoms with Gasteiger partial charge in [-0.3, -0.25) is 16.0 Å². The van der Waals surface area contributed by atoms with Gasteiger partial charge in [-0.1, -0.05) is 45.4 Å². The molecule has 0 spiro atoms. The average Bonchev–Trinajstić information content (AvgIpc) is 2.64. The maximum atomic E-state index is 5.73. The van der Waals surface area contributed by atoms with Gasteiger partial charge in [0, 0.05) is 24.3 Å². The molecule has 0 radical (unpaired) electrons. The van der Waals surface area contributed by atoms with Gasteiger partial charge in [0.1, 0.15) is 0 Å². The van der Waals surface area contributed by atoms with Crippen LogP contribution in [-0.4, -0.2) is 9.78 Å². The Morgan fingerprint density at radius 3 is 2.32 bits per heavy atom. The summed E-state index contributed by atoms with van der Waals surface area (Å²) >= 11 is 0. The highest BCUT2D eigenvalue weighted by Crippen LogP contribution is 2.25. The summed E-state index contributed by atoms with van der Waals surface area (Å²) in [6.07, 6.45) is 9.00. The second kappa shape index (κ2) is 8.33. The van der Waals surface area contributed by atoms with Gasteiger partial charge in [0.05, 0.1) is 5.69 Å². The summed E-state index contributed by atoms with van der Waals surface area (Å²) in [5, 5.41) is 4.47. The van der Waals surface area contributed by atoms with Crippen LogP contribution in [0.2, 0.25) is 0 Å². The summed E-state index contributed by atoms with van der Waals surface area (Å²) in [7, 11) is 1.99. The molecule has 0 aliphatic carbocycles. The molecule has 0 aliphatic rings. The van der Waals surface area contributed by atoms with Crippen LogP contribution in [-0.2, 0) is 7.05 Å². The van der Waals surface area contributed by atoms with Gasteiger partial charge in [0.2, 0.25) is 0 Å². The number of unbranched alkanes of at least 4 members (excludes halogenated alkanes) is 5. The Labute approximate surface area is 117 Å². The summed E-state index contributed by atoms with van der Waals surface area (Å²) in [6.45, 7) is 6.43. The second-order valence-electron chi connectivity index (χ2n) is 5.48. The van der Waals surface area contributed by atoms with Gasteiger partial charge >= 0.3 is 0 Å². The first kappa shape index (κ1) is 16.2. The van der Waals surface area contributed by atoms with Crippen LogP contribution in [0.4, 0.5) is 0 Å². The monoisotopic (exact) mass is 266 g/mol. The molecule has 1 heterocycles. The van der Waals surface area contributed by atoms with Crippen LogP contribution in [0.25, 0.3) is 0 Å². The Hall–Kier alpha value is -0.870. The van der Waals surface area contributed by atoms with Crippen molar-refractivity contribution in [2.75, 3.05) is 0 Å². The molecule has 0 saturated heterocycles. The smallest absolute Gasteiger partial charge is 0.0644 e. The number of hydrazine groups is 1. The molecule has 0 saturated carbocycles. The van der Waals surface area contributed by atoms with Crippen LogP contribution in [0.5, 0.6) is 0 Å². The SMILES string of the molecule is CCCCCCCCC(NN)c1c(C)nn(C)c1C. The molecule has 19 heavy (non-hydrogen) atoms. The molecule has 4 heteroatoms. The Morgan fingerprint density at radius 2 is 1.79 bits per heavy atom. The number of hydrogen-bond acceptors (Lipinski definition) is 3. The summed E-state index contributed by atoms with van der Waals surface area (Å²) in [4.78, 5) is 0. The number of hydrogen-bond donors (Lipinski definition) is 2. The van der Waals surface area contributed by atoms with Crippen LogP contribution >= 0.6 is 0 Å². The highest BCUT2D eigenvalue weighted by molar-refractivity contribution is 5.27. The lowest BCUT2D eigenvalue weighted by Gasteiger charge is -2.16. The Balaban J connectivity index is 2.45. The molecule has 4 nitrogen and oxygen atoms in total. The van der Waals surface area contributed by atoms with Gasteiger partial charge < -0.3 is 0 Å². The largest absolute Gasteiger partial charge is 0.272 e. The molecule has 1 unspecified atom stereocenters. The van der Waals surface area contributed by atoms with E-state index in [1.165, 1.54) is 49.8 Å². The van der Waals surface area contributed by atoms with Crippen LogP contribution in [0.1, 0.15) is 74.9 Å². The minimum atomic E-state index is 0.236. The van der Waals surface area contributed by atoms with E-state index in [1.54, 1.807) is 0 Å². The molecular weight excluding hydrogens is 236 g/mol. The van der Waals surface area contributed by atoms with E-state index < -0.39 is 0 Å². The van der Waals surface area contributed by atoms with Crippen LogP contribution < -0.4 is 11.3 Å². The average molecular weight is 266 g/mol. The van der Waals surface area contributed by atoms with E-state index in [0.29, 0.717) is 0 Å². The third kappa shape index (κ3) is 4.62. The molecule has 1 rings (SSSR count). The topological polar surface area (TPSA) is 55.9 Å². The summed E-state index contributed by atoms with van der Waals surface area (Å²) in [6, 6.07) is 0.236. The molecule has 0 bridgehead atoms. The van der Waals surface area contributed by atoms with E-state index in [-0.39, 0.29) is 6.04 Å². The summed E-state index contributed by atoms with van der Waals surface area (Å²) in [5.41, 5.74) is 6.54. The second-order valence-corrected chi connectivity index (χ2v) is 5.48. The zero-order chi connectivity index (χ0) is 14.3. The first-order chi connectivity index (χ1) is 9.11. The number of rotatable bonds is 9. The van der Waals surface area contributed by atoms with E-state index in [1.807, 2.05) is 11.7 Å². The normalized spacial score (nSPS) is 12.9. The molecule has 1 atom stereocenters. The van der Waals surface area contributed by atoms with E-state index in [2.05, 4.69) is 31.3 Å². The van der Waals surface area contributed by atoms with Crippen molar-refractivity contribution in [1.82, 2.24) is 15.2 Å². The Morgan fingerprint density at radius 1 is 1.16 bits per heavy atom. The van der Waals surface area contributed by atoms with E-state index in [4.69, 9.17) is 5.84 Å². The van der Waals surface area contributed by atoms with Gasteiger partial charge in [0.15, 0.2) is 0 Å². The maximum Gasteiger partial charge on any atom is 0.0644 e. The molecule has 0 aromatic carbocycles. The summed E-state index contributed by atoms with van der Waals surface area (Å²) < 4.78 is 1.94. The van der Waals surface area contributed by atoms with E-state index >= 15 is 0 Å². The Kier molecular flexibility index (Phi) is 7.10. The number of nitrogens with two attached hydrogens (primary N) is 1. The molecule has 0 amide bonds. The van der Waals surface area contributed by atoms with Crippen molar-refractivity contribution < 1.29 is 0 Å². The molecular formula is C15H30N4. The molecule has 0 fully saturated rings. The van der Waals surface area contributed by atoms with Crippen molar-refractivity contribution in [3.63, 3.8) is 0 Å². The Bertz CT molecular complexity index is 370. The van der Waals surface area contributed by atoms with E-state index in [0.717, 1.165) is 12.1 Å². The van der Waals surface area contributed by atoms with Crippen molar-refractivity contribution in [3.05, 3.63) is 17.0 Å². The number of nitrogens with zero attached hydrogens (tertiary/aromatic N) is 2. The molecule has 1 aromatic heterocycles. The number of aryl methyl sites for hydroxylation is 2. The molecule has 0 aliphatic heterocycles. The number of nitrogens with one attached hydrogen (secondary N) is 1. The van der Waals surface area contributed by atoms with Gasteiger partial charge in [-0.05, 0) is 20.3 Å². The van der Waals surface area contributed by atoms with Crippen molar-refractivity contribution in [1.29, 1.82) is 0 Å². The van der Waals surface area contributed by atoms with Gasteiger partial charge in [0.25, 0.3) is 0 Å². The standard InChI is InChI=1S/C15H30N4/c1-5-6-7-8-9-10-11-14(17-16)15-12(2)18-19(4)13(15)3/h14,17H,5-11,16H2,1-4H3. The fourth-order valence-electron chi connectivity index (χ4n) is 2.73. The first-order valence-electron chi connectivity index (χ1n) is 7.58. The fraction of sp³-hybridized carbons (Fsp3) is 0.800. The zero-order valence-corrected chi connectivity index (χ0v) is 13.0. The quantitative estimate of drug-likeness (QED) is 0.410. The molecule has 110 valence electrons. The zero-order valence-electron chi connectivity index (χ0n) is 13.0. The number of aromatic nitrogens is 2. The van der Waals surface area contributed by atoms with Gasteiger partial charge in [-0.15, -0.1) is 0 Å². The van der Waals surface area contributed by atoms with Crippen molar-refractivity contribution in [2.45, 2.75) is 71.8 Å². The lowest BCUT2D eigenvalue weighted by molar-refractivity contribution is 0.473. The molecule has 3 N–H and O–H groups in total. The van der Waals surface area contributed by atoms with E-state index in [9.17, 15) is 0 Å². The minimum Gasteiger partial charge on any atom is -0.272 e. The van der Waals surface area contributed by atoms with Crippen molar-refractivity contribution in [2.24, 2.45) is 12.9 Å². The third-order valence-electron chi connectivity index (χ3n) is 3.96. The minimum absolute atomic E-state index is 0.236. The van der Waals surface area contributed by atoms with Gasteiger partial charge in [-0.25, -0.2) is 0 Å². The van der Waals surface area contributed by atoms with Crippen LogP contribution in [0.15, 0.2) is 0 Å². The lowest BCUT2D eigenvalue weighted by Crippen LogP contribution is -2.28. The van der Waals surface area contributed by atoms with Gasteiger partial charge in [-0.2, -0.15) is 5.10 Å². The predicted molar refractivity (Wildman–Crippen MR) is 80.7 cm³/mol. The van der Waals surface area contributed by atoms with Crippen LogP contribution in [0.3, 0.4) is 0 Å². The summed E-state index contributed by atoms with van der Waals surface area (Å²) in [5.74, 6) is 5.73. The first-order valence-corrected chi connectivity index (χ1v) is 7.58. The molecule has 1 aromatic rings.